The van der Waals surface area contributed by atoms with Crippen molar-refractivity contribution < 1.29 is 0 Å². The Morgan fingerprint density at radius 1 is 1.53 bits per heavy atom. The van der Waals surface area contributed by atoms with Crippen molar-refractivity contribution in [3.8, 4) is 0 Å². The monoisotopic (exact) mass is 206 g/mol. The second kappa shape index (κ2) is 4.57. The van der Waals surface area contributed by atoms with Crippen molar-refractivity contribution in [2.75, 3.05) is 25.0 Å². The van der Waals surface area contributed by atoms with Crippen molar-refractivity contribution in [2.45, 2.75) is 19.8 Å². The fourth-order valence-corrected chi connectivity index (χ4v) is 1.53. The summed E-state index contributed by atoms with van der Waals surface area (Å²) in [6.07, 6.45) is 1.83. The Hall–Kier alpha value is -1.16. The Balaban J connectivity index is 1.92. The van der Waals surface area contributed by atoms with Gasteiger partial charge in [0.1, 0.15) is 5.82 Å². The summed E-state index contributed by atoms with van der Waals surface area (Å²) in [7, 11) is 0. The third-order valence-electron chi connectivity index (χ3n) is 2.78. The topological polar surface area (TPSA) is 49.8 Å². The van der Waals surface area contributed by atoms with Gasteiger partial charge in [-0.05, 0) is 17.5 Å². The molecule has 1 saturated heterocycles. The maximum absolute atomic E-state index is 4.07. The van der Waals surface area contributed by atoms with Gasteiger partial charge in [-0.1, -0.05) is 13.8 Å². The van der Waals surface area contributed by atoms with Crippen LogP contribution in [0.4, 0.5) is 5.82 Å². The van der Waals surface area contributed by atoms with Crippen LogP contribution in [0.1, 0.15) is 25.3 Å². The van der Waals surface area contributed by atoms with Gasteiger partial charge >= 0.3 is 0 Å². The summed E-state index contributed by atoms with van der Waals surface area (Å²) in [6.45, 7) is 7.55. The highest BCUT2D eigenvalue weighted by Crippen LogP contribution is 2.15. The molecular weight excluding hydrogens is 188 g/mol. The summed E-state index contributed by atoms with van der Waals surface area (Å²) in [5.41, 5.74) is 1.24. The number of hydrogen-bond donors (Lipinski definition) is 2. The van der Waals surface area contributed by atoms with Crippen molar-refractivity contribution in [2.24, 2.45) is 5.92 Å². The molecule has 2 heterocycles. The van der Waals surface area contributed by atoms with Gasteiger partial charge in [-0.2, -0.15) is 5.10 Å². The van der Waals surface area contributed by atoms with Gasteiger partial charge in [-0.15, -0.1) is 5.10 Å². The quantitative estimate of drug-likeness (QED) is 0.778. The predicted molar refractivity (Wildman–Crippen MR) is 61.0 cm³/mol. The molecule has 4 heteroatoms. The average molecular weight is 206 g/mol. The standard InChI is InChI=1S/C11H18N4/c1-8(2)10-3-11(15-14-7-10)13-6-9-4-12-5-9/h3,7-9,12H,4-6H2,1-2H3,(H,13,15). The minimum absolute atomic E-state index is 0.506. The maximum Gasteiger partial charge on any atom is 0.148 e. The van der Waals surface area contributed by atoms with E-state index in [4.69, 9.17) is 0 Å². The normalized spacial score (nSPS) is 16.5. The molecule has 1 aliphatic rings. The average Bonchev–Trinajstić information content (AvgIpc) is 2.16. The third-order valence-corrected chi connectivity index (χ3v) is 2.78. The van der Waals surface area contributed by atoms with E-state index in [-0.39, 0.29) is 0 Å². The van der Waals surface area contributed by atoms with Gasteiger partial charge < -0.3 is 10.6 Å². The van der Waals surface area contributed by atoms with Crippen LogP contribution >= 0.6 is 0 Å². The molecule has 1 aromatic heterocycles. The van der Waals surface area contributed by atoms with E-state index in [9.17, 15) is 0 Å². The van der Waals surface area contributed by atoms with Crippen molar-refractivity contribution in [3.63, 3.8) is 0 Å². The lowest BCUT2D eigenvalue weighted by Gasteiger charge is -2.27. The molecule has 1 fully saturated rings. The summed E-state index contributed by atoms with van der Waals surface area (Å²) in [4.78, 5) is 0. The summed E-state index contributed by atoms with van der Waals surface area (Å²) in [6, 6.07) is 2.09. The van der Waals surface area contributed by atoms with Crippen molar-refractivity contribution >= 4 is 5.82 Å². The first kappa shape index (κ1) is 10.4. The largest absolute Gasteiger partial charge is 0.368 e. The molecule has 1 aliphatic heterocycles. The molecule has 0 radical (unpaired) electrons. The smallest absolute Gasteiger partial charge is 0.148 e. The zero-order valence-corrected chi connectivity index (χ0v) is 9.33. The van der Waals surface area contributed by atoms with E-state index in [2.05, 4.69) is 40.7 Å². The second-order valence-electron chi connectivity index (χ2n) is 4.43. The molecule has 0 aliphatic carbocycles. The van der Waals surface area contributed by atoms with Gasteiger partial charge in [0.15, 0.2) is 0 Å². The second-order valence-corrected chi connectivity index (χ2v) is 4.43. The highest BCUT2D eigenvalue weighted by atomic mass is 15.2. The lowest BCUT2D eigenvalue weighted by atomic mass is 10.0. The number of nitrogens with one attached hydrogen (secondary N) is 2. The number of rotatable bonds is 4. The van der Waals surface area contributed by atoms with Crippen LogP contribution < -0.4 is 10.6 Å². The third kappa shape index (κ3) is 2.65. The molecule has 82 valence electrons. The summed E-state index contributed by atoms with van der Waals surface area (Å²) < 4.78 is 0. The van der Waals surface area contributed by atoms with Gasteiger partial charge in [-0.25, -0.2) is 0 Å². The lowest BCUT2D eigenvalue weighted by molar-refractivity contribution is 0.365. The first-order valence-corrected chi connectivity index (χ1v) is 5.53. The molecule has 0 unspecified atom stereocenters. The summed E-state index contributed by atoms with van der Waals surface area (Å²) in [5.74, 6) is 2.15. The van der Waals surface area contributed by atoms with Gasteiger partial charge in [-0.3, -0.25) is 0 Å². The summed E-state index contributed by atoms with van der Waals surface area (Å²) >= 11 is 0. The van der Waals surface area contributed by atoms with E-state index in [0.717, 1.165) is 31.4 Å². The zero-order chi connectivity index (χ0) is 10.7. The lowest BCUT2D eigenvalue weighted by Crippen LogP contribution is -2.45. The van der Waals surface area contributed by atoms with Crippen LogP contribution in [-0.4, -0.2) is 29.8 Å². The molecule has 0 spiro atoms. The number of aromatic nitrogens is 2. The highest BCUT2D eigenvalue weighted by Gasteiger charge is 2.16. The van der Waals surface area contributed by atoms with Crippen molar-refractivity contribution in [3.05, 3.63) is 17.8 Å². The van der Waals surface area contributed by atoms with E-state index < -0.39 is 0 Å². The zero-order valence-electron chi connectivity index (χ0n) is 9.33. The fraction of sp³-hybridized carbons (Fsp3) is 0.636. The molecule has 4 nitrogen and oxygen atoms in total. The van der Waals surface area contributed by atoms with Crippen molar-refractivity contribution in [1.82, 2.24) is 15.5 Å². The number of anilines is 1. The predicted octanol–water partition coefficient (Wildman–Crippen LogP) is 1.23. The first-order chi connectivity index (χ1) is 7.25. The molecule has 0 saturated carbocycles. The Bertz CT molecular complexity index is 320. The minimum atomic E-state index is 0.506. The van der Waals surface area contributed by atoms with Crippen LogP contribution in [0.3, 0.4) is 0 Å². The highest BCUT2D eigenvalue weighted by molar-refractivity contribution is 5.36. The van der Waals surface area contributed by atoms with E-state index >= 15 is 0 Å². The molecular formula is C11H18N4. The molecule has 0 amide bonds. The first-order valence-electron chi connectivity index (χ1n) is 5.53. The van der Waals surface area contributed by atoms with Gasteiger partial charge in [0, 0.05) is 25.6 Å². The molecule has 2 N–H and O–H groups in total. The van der Waals surface area contributed by atoms with Crippen LogP contribution in [0.15, 0.2) is 12.3 Å². The maximum atomic E-state index is 4.07. The molecule has 0 atom stereocenters. The van der Waals surface area contributed by atoms with Crippen molar-refractivity contribution in [1.29, 1.82) is 0 Å². The fourth-order valence-electron chi connectivity index (χ4n) is 1.53. The number of hydrogen-bond acceptors (Lipinski definition) is 4. The number of nitrogens with zero attached hydrogens (tertiary/aromatic N) is 2. The summed E-state index contributed by atoms with van der Waals surface area (Å²) in [5, 5.41) is 14.6. The van der Waals surface area contributed by atoms with Crippen LogP contribution in [0.2, 0.25) is 0 Å². The molecule has 0 bridgehead atoms. The SMILES string of the molecule is CC(C)c1cnnc(NCC2CNC2)c1. The Morgan fingerprint density at radius 2 is 2.33 bits per heavy atom. The molecule has 1 aromatic rings. The van der Waals surface area contributed by atoms with Crippen LogP contribution in [0.25, 0.3) is 0 Å². The van der Waals surface area contributed by atoms with Gasteiger partial charge in [0.05, 0.1) is 6.20 Å². The minimum Gasteiger partial charge on any atom is -0.368 e. The van der Waals surface area contributed by atoms with E-state index in [0.29, 0.717) is 5.92 Å². The molecule has 2 rings (SSSR count). The van der Waals surface area contributed by atoms with E-state index in [1.54, 1.807) is 0 Å². The molecule has 15 heavy (non-hydrogen) atoms. The van der Waals surface area contributed by atoms with E-state index in [1.807, 2.05) is 6.20 Å². The van der Waals surface area contributed by atoms with Gasteiger partial charge in [0.25, 0.3) is 0 Å². The van der Waals surface area contributed by atoms with Crippen LogP contribution in [-0.2, 0) is 0 Å². The van der Waals surface area contributed by atoms with Gasteiger partial charge in [0.2, 0.25) is 0 Å². The van der Waals surface area contributed by atoms with E-state index in [1.165, 1.54) is 5.56 Å². The molecule has 0 aromatic carbocycles. The van der Waals surface area contributed by atoms with Crippen LogP contribution in [0.5, 0.6) is 0 Å². The Labute approximate surface area is 90.5 Å². The van der Waals surface area contributed by atoms with Crippen LogP contribution in [0, 0.1) is 5.92 Å². The Morgan fingerprint density at radius 3 is 2.93 bits per heavy atom. The Kier molecular flexibility index (Phi) is 3.16.